The van der Waals surface area contributed by atoms with Crippen LogP contribution in [-0.2, 0) is 9.84 Å². The van der Waals surface area contributed by atoms with Crippen LogP contribution in [0.2, 0.25) is 0 Å². The summed E-state index contributed by atoms with van der Waals surface area (Å²) < 4.78 is 23.2. The highest BCUT2D eigenvalue weighted by Crippen LogP contribution is 2.26. The van der Waals surface area contributed by atoms with Gasteiger partial charge in [-0.15, -0.1) is 0 Å². The lowest BCUT2D eigenvalue weighted by molar-refractivity contribution is 0.414. The molecule has 0 aromatic heterocycles. The van der Waals surface area contributed by atoms with Crippen LogP contribution in [0, 0.1) is 5.92 Å². The molecule has 0 fully saturated rings. The third-order valence-electron chi connectivity index (χ3n) is 2.40. The molecule has 1 unspecified atom stereocenters. The first-order valence-electron chi connectivity index (χ1n) is 4.88. The summed E-state index contributed by atoms with van der Waals surface area (Å²) in [6.07, 6.45) is 3.51. The van der Waals surface area contributed by atoms with Gasteiger partial charge in [0.25, 0.3) is 0 Å². The Bertz CT molecular complexity index is 394. The molecule has 2 N–H and O–H groups in total. The van der Waals surface area contributed by atoms with Crippen LogP contribution in [0.1, 0.15) is 20.3 Å². The molecular weight excluding hydrogens is 215 g/mol. The molecule has 84 valence electrons. The Morgan fingerprint density at radius 2 is 2.13 bits per heavy atom. The minimum absolute atomic E-state index is 0.0168. The average molecular weight is 230 g/mol. The van der Waals surface area contributed by atoms with Crippen molar-refractivity contribution < 1.29 is 18.5 Å². The van der Waals surface area contributed by atoms with E-state index in [2.05, 4.69) is 0 Å². The number of sulfone groups is 1. The fraction of sp³-hybridized carbons (Fsp3) is 0.556. The van der Waals surface area contributed by atoms with Crippen molar-refractivity contribution in [1.29, 1.82) is 0 Å². The molecule has 0 amide bonds. The zero-order valence-corrected chi connectivity index (χ0v) is 9.66. The monoisotopic (exact) mass is 230 g/mol. The first-order valence-corrected chi connectivity index (χ1v) is 6.53. The summed E-state index contributed by atoms with van der Waals surface area (Å²) in [5.74, 6) is 0.0414. The lowest BCUT2D eigenvalue weighted by Gasteiger charge is -2.18. The van der Waals surface area contributed by atoms with Gasteiger partial charge in [-0.05, 0) is 23.9 Å². The van der Waals surface area contributed by atoms with Gasteiger partial charge in [-0.3, -0.25) is 0 Å². The first kappa shape index (κ1) is 12.5. The van der Waals surface area contributed by atoms with Crippen molar-refractivity contribution in [3.63, 3.8) is 0 Å². The third kappa shape index (κ3) is 2.93. The molecule has 0 saturated carbocycles. The largest absolute Gasteiger partial charge is 0.484 e. The Hall–Kier alpha value is -0.585. The van der Waals surface area contributed by atoms with Gasteiger partial charge < -0.3 is 10.0 Å². The van der Waals surface area contributed by atoms with E-state index in [-0.39, 0.29) is 16.6 Å². The molecule has 0 aliphatic heterocycles. The minimum Gasteiger partial charge on any atom is -0.423 e. The maximum Gasteiger partial charge on any atom is 0.484 e. The van der Waals surface area contributed by atoms with Crippen molar-refractivity contribution in [3.8, 4) is 0 Å². The van der Waals surface area contributed by atoms with E-state index in [9.17, 15) is 8.42 Å². The summed E-state index contributed by atoms with van der Waals surface area (Å²) in [5.41, 5.74) is 0.358. The Labute approximate surface area is 90.4 Å². The second-order valence-electron chi connectivity index (χ2n) is 3.75. The number of rotatable bonds is 3. The average Bonchev–Trinajstić information content (AvgIpc) is 2.16. The molecule has 6 heteroatoms. The predicted octanol–water partition coefficient (Wildman–Crippen LogP) is 0.283. The molecule has 0 radical (unpaired) electrons. The van der Waals surface area contributed by atoms with Gasteiger partial charge in [0.15, 0.2) is 9.84 Å². The van der Waals surface area contributed by atoms with E-state index in [1.807, 2.05) is 6.92 Å². The molecule has 1 atom stereocenters. The van der Waals surface area contributed by atoms with Crippen molar-refractivity contribution in [2.75, 3.05) is 5.75 Å². The summed E-state index contributed by atoms with van der Waals surface area (Å²) in [6, 6.07) is 0. The molecule has 0 saturated heterocycles. The van der Waals surface area contributed by atoms with E-state index < -0.39 is 17.0 Å². The van der Waals surface area contributed by atoms with Gasteiger partial charge in [-0.25, -0.2) is 8.42 Å². The van der Waals surface area contributed by atoms with Crippen molar-refractivity contribution in [3.05, 3.63) is 22.5 Å². The number of hydrogen-bond donors (Lipinski definition) is 2. The van der Waals surface area contributed by atoms with Gasteiger partial charge >= 0.3 is 7.12 Å². The van der Waals surface area contributed by atoms with Gasteiger partial charge in [0.2, 0.25) is 0 Å². The second kappa shape index (κ2) is 4.51. The topological polar surface area (TPSA) is 74.6 Å². The van der Waals surface area contributed by atoms with Gasteiger partial charge in [0.1, 0.15) is 0 Å². The summed E-state index contributed by atoms with van der Waals surface area (Å²) in [7, 11) is -4.82. The molecule has 0 bridgehead atoms. The van der Waals surface area contributed by atoms with Crippen molar-refractivity contribution >= 4 is 17.0 Å². The molecule has 1 aliphatic carbocycles. The highest BCUT2D eigenvalue weighted by atomic mass is 32.2. The second-order valence-corrected chi connectivity index (χ2v) is 6.03. The number of allylic oxidation sites excluding steroid dienone is 3. The van der Waals surface area contributed by atoms with Crippen molar-refractivity contribution in [1.82, 2.24) is 0 Å². The quantitative estimate of drug-likeness (QED) is 0.683. The summed E-state index contributed by atoms with van der Waals surface area (Å²) >= 11 is 0. The van der Waals surface area contributed by atoms with Crippen molar-refractivity contribution in [2.24, 2.45) is 5.92 Å². The highest BCUT2D eigenvalue weighted by molar-refractivity contribution is 7.95. The third-order valence-corrected chi connectivity index (χ3v) is 4.14. The summed E-state index contributed by atoms with van der Waals surface area (Å²) in [6.45, 7) is 3.42. The van der Waals surface area contributed by atoms with E-state index in [0.29, 0.717) is 11.9 Å². The lowest BCUT2D eigenvalue weighted by Crippen LogP contribution is -2.21. The smallest absolute Gasteiger partial charge is 0.423 e. The molecule has 1 rings (SSSR count). The molecule has 4 nitrogen and oxygen atoms in total. The standard InChI is InChI=1S/C9H15BO4S/c1-3-15(13,14)9-5-7(2)4-8(6-9)10(11)12/h5-7,11-12H,3-4H2,1-2H3. The molecule has 15 heavy (non-hydrogen) atoms. The zero-order valence-electron chi connectivity index (χ0n) is 8.84. The van der Waals surface area contributed by atoms with Gasteiger partial charge in [0.05, 0.1) is 10.7 Å². The first-order chi connectivity index (χ1) is 6.86. The van der Waals surface area contributed by atoms with Crippen LogP contribution in [0.4, 0.5) is 0 Å². The van der Waals surface area contributed by atoms with Gasteiger partial charge in [-0.1, -0.05) is 19.9 Å². The van der Waals surface area contributed by atoms with Gasteiger partial charge in [-0.2, -0.15) is 0 Å². The van der Waals surface area contributed by atoms with E-state index in [0.717, 1.165) is 0 Å². The number of hydrogen-bond acceptors (Lipinski definition) is 4. The van der Waals surface area contributed by atoms with E-state index in [1.54, 1.807) is 13.0 Å². The van der Waals surface area contributed by atoms with Crippen molar-refractivity contribution in [2.45, 2.75) is 20.3 Å². The Kier molecular flexibility index (Phi) is 3.75. The van der Waals surface area contributed by atoms with Gasteiger partial charge in [0, 0.05) is 0 Å². The van der Waals surface area contributed by atoms with E-state index in [1.165, 1.54) is 6.08 Å². The summed E-state index contributed by atoms with van der Waals surface area (Å²) in [4.78, 5) is 0.201. The molecular formula is C9H15BO4S. The van der Waals surface area contributed by atoms with Crippen LogP contribution >= 0.6 is 0 Å². The minimum atomic E-state index is -3.26. The molecule has 0 heterocycles. The SMILES string of the molecule is CCS(=O)(=O)C1=CC(C)CC(B(O)O)=C1. The maximum absolute atomic E-state index is 11.6. The van der Waals surface area contributed by atoms with Crippen LogP contribution in [0.25, 0.3) is 0 Å². The van der Waals surface area contributed by atoms with E-state index in [4.69, 9.17) is 10.0 Å². The molecule has 0 aromatic rings. The van der Waals surface area contributed by atoms with Crippen LogP contribution in [0.15, 0.2) is 22.5 Å². The van der Waals surface area contributed by atoms with Crippen LogP contribution in [0.3, 0.4) is 0 Å². The zero-order chi connectivity index (χ0) is 11.6. The molecule has 0 spiro atoms. The Morgan fingerprint density at radius 1 is 1.53 bits per heavy atom. The lowest BCUT2D eigenvalue weighted by atomic mass is 9.73. The Balaban J connectivity index is 3.10. The highest BCUT2D eigenvalue weighted by Gasteiger charge is 2.25. The molecule has 0 aromatic carbocycles. The summed E-state index contributed by atoms with van der Waals surface area (Å²) in [5, 5.41) is 18.0. The fourth-order valence-corrected chi connectivity index (χ4v) is 2.64. The maximum atomic E-state index is 11.6. The predicted molar refractivity (Wildman–Crippen MR) is 59.6 cm³/mol. The Morgan fingerprint density at radius 3 is 2.60 bits per heavy atom. The van der Waals surface area contributed by atoms with Crippen LogP contribution < -0.4 is 0 Å². The van der Waals surface area contributed by atoms with Crippen LogP contribution in [-0.4, -0.2) is 31.3 Å². The molecule has 1 aliphatic rings. The van der Waals surface area contributed by atoms with Crippen LogP contribution in [0.5, 0.6) is 0 Å². The van der Waals surface area contributed by atoms with E-state index >= 15 is 0 Å². The normalized spacial score (nSPS) is 22.0. The fourth-order valence-electron chi connectivity index (χ4n) is 1.54.